The first-order chi connectivity index (χ1) is 8.80. The van der Waals surface area contributed by atoms with E-state index in [0.29, 0.717) is 0 Å². The van der Waals surface area contributed by atoms with Gasteiger partial charge in [0.15, 0.2) is 0 Å². The predicted molar refractivity (Wildman–Crippen MR) is 89.5 cm³/mol. The summed E-state index contributed by atoms with van der Waals surface area (Å²) in [7, 11) is 0. The lowest BCUT2D eigenvalue weighted by Crippen LogP contribution is -2.48. The fraction of sp³-hybridized carbons (Fsp3) is 0.294. The molecular weight excluding hydrogens is 294 g/mol. The molecule has 2 aromatic carbocycles. The molecule has 0 unspecified atom stereocenters. The molecule has 0 fully saturated rings. The van der Waals surface area contributed by atoms with E-state index in [0.717, 1.165) is 24.1 Å². The minimum absolute atomic E-state index is 0. The highest BCUT2D eigenvalue weighted by Gasteiger charge is 2.26. The second kappa shape index (κ2) is 11.7. The van der Waals surface area contributed by atoms with Gasteiger partial charge in [-0.25, -0.2) is 0 Å². The Hall–Kier alpha value is -1.88. The maximum atomic E-state index is 2.28. The van der Waals surface area contributed by atoms with E-state index in [1.54, 1.807) is 0 Å². The summed E-state index contributed by atoms with van der Waals surface area (Å²) in [6, 6.07) is 21.6. The quantitative estimate of drug-likeness (QED) is 0.546. The Labute approximate surface area is 129 Å². The minimum atomic E-state index is 0. The summed E-state index contributed by atoms with van der Waals surface area (Å²) in [5.74, 6) is 0. The van der Waals surface area contributed by atoms with Crippen molar-refractivity contribution in [3.63, 3.8) is 0 Å². The largest absolute Gasteiger partial charge is 0.288 e. The summed E-state index contributed by atoms with van der Waals surface area (Å²) < 4.78 is 1.02. The molecular formula is C17H26F4N+. The molecule has 5 heteroatoms. The Morgan fingerprint density at radius 1 is 0.636 bits per heavy atom. The van der Waals surface area contributed by atoms with Gasteiger partial charge in [0.25, 0.3) is 0 Å². The van der Waals surface area contributed by atoms with Gasteiger partial charge in [0.2, 0.25) is 0 Å². The van der Waals surface area contributed by atoms with Crippen LogP contribution >= 0.6 is 0 Å². The highest BCUT2D eigenvalue weighted by Crippen LogP contribution is 2.25. The zero-order valence-corrected chi connectivity index (χ0v) is 13.0. The Morgan fingerprint density at radius 2 is 1.05 bits per heavy atom. The SMILES string of the molecule is CC[N+](CC)(Cc1ccccc1)c1ccccc1.F.F.F.F. The van der Waals surface area contributed by atoms with Gasteiger partial charge in [-0.05, 0) is 26.0 Å². The number of halogens is 4. The first-order valence-electron chi connectivity index (χ1n) is 6.76. The average Bonchev–Trinajstić information content (AvgIpc) is 2.47. The van der Waals surface area contributed by atoms with E-state index in [9.17, 15) is 0 Å². The van der Waals surface area contributed by atoms with Gasteiger partial charge in [0.1, 0.15) is 12.2 Å². The van der Waals surface area contributed by atoms with Gasteiger partial charge in [0.05, 0.1) is 13.1 Å². The first kappa shape index (κ1) is 25.1. The van der Waals surface area contributed by atoms with Crippen LogP contribution in [0.25, 0.3) is 0 Å². The van der Waals surface area contributed by atoms with Crippen molar-refractivity contribution in [1.29, 1.82) is 0 Å². The van der Waals surface area contributed by atoms with Crippen molar-refractivity contribution in [3.8, 4) is 0 Å². The van der Waals surface area contributed by atoms with Gasteiger partial charge in [-0.2, -0.15) is 0 Å². The fourth-order valence-corrected chi connectivity index (χ4v) is 2.58. The molecule has 0 heterocycles. The third kappa shape index (κ3) is 5.48. The normalized spacial score (nSPS) is 9.36. The van der Waals surface area contributed by atoms with E-state index >= 15 is 0 Å². The van der Waals surface area contributed by atoms with Crippen molar-refractivity contribution >= 4 is 5.69 Å². The monoisotopic (exact) mass is 320 g/mol. The van der Waals surface area contributed by atoms with Crippen molar-refractivity contribution in [1.82, 2.24) is 4.48 Å². The lowest BCUT2D eigenvalue weighted by molar-refractivity contribution is 0.292. The third-order valence-electron chi connectivity index (χ3n) is 3.84. The number of para-hydroxylation sites is 1. The van der Waals surface area contributed by atoms with Gasteiger partial charge in [-0.1, -0.05) is 48.5 Å². The van der Waals surface area contributed by atoms with Crippen LogP contribution in [-0.2, 0) is 6.54 Å². The summed E-state index contributed by atoms with van der Waals surface area (Å²) in [5.41, 5.74) is 2.82. The standard InChI is InChI=1S/C17H22N.4FH/c1-3-18(4-2,17-13-9-6-10-14-17)15-16-11-7-5-8-12-16;;;;/h5-14H,3-4,15H2,1-2H3;4*1H/q+1;;;;. The van der Waals surface area contributed by atoms with Crippen molar-refractivity contribution in [2.24, 2.45) is 0 Å². The lowest BCUT2D eigenvalue weighted by Gasteiger charge is -2.36. The van der Waals surface area contributed by atoms with Gasteiger partial charge in [0, 0.05) is 5.56 Å². The molecule has 0 saturated carbocycles. The lowest BCUT2D eigenvalue weighted by atomic mass is 10.1. The smallest absolute Gasteiger partial charge is 0.133 e. The molecule has 0 aliphatic carbocycles. The van der Waals surface area contributed by atoms with Crippen molar-refractivity contribution < 1.29 is 18.8 Å². The molecule has 126 valence electrons. The molecule has 0 aliphatic heterocycles. The molecule has 0 spiro atoms. The molecule has 0 aromatic heterocycles. The fourth-order valence-electron chi connectivity index (χ4n) is 2.58. The summed E-state index contributed by atoms with van der Waals surface area (Å²) in [6.45, 7) is 7.86. The van der Waals surface area contributed by atoms with E-state index in [1.807, 2.05) is 0 Å². The topological polar surface area (TPSA) is 0 Å². The van der Waals surface area contributed by atoms with E-state index in [4.69, 9.17) is 0 Å². The number of nitrogens with zero attached hydrogens (tertiary/aromatic N) is 1. The van der Waals surface area contributed by atoms with E-state index in [-0.39, 0.29) is 18.8 Å². The number of rotatable bonds is 5. The number of quaternary nitrogens is 1. The molecule has 0 N–H and O–H groups in total. The minimum Gasteiger partial charge on any atom is -0.288 e. The predicted octanol–water partition coefficient (Wildman–Crippen LogP) is 4.84. The van der Waals surface area contributed by atoms with Crippen LogP contribution in [0.3, 0.4) is 0 Å². The van der Waals surface area contributed by atoms with Crippen molar-refractivity contribution in [2.75, 3.05) is 13.1 Å². The summed E-state index contributed by atoms with van der Waals surface area (Å²) in [5, 5.41) is 0. The molecule has 0 radical (unpaired) electrons. The van der Waals surface area contributed by atoms with Crippen LogP contribution in [0.4, 0.5) is 24.5 Å². The van der Waals surface area contributed by atoms with Crippen LogP contribution in [0.15, 0.2) is 60.7 Å². The second-order valence-corrected chi connectivity index (χ2v) is 4.76. The van der Waals surface area contributed by atoms with Crippen LogP contribution in [0, 0.1) is 0 Å². The van der Waals surface area contributed by atoms with Gasteiger partial charge < -0.3 is 0 Å². The van der Waals surface area contributed by atoms with Crippen LogP contribution in [0.2, 0.25) is 0 Å². The van der Waals surface area contributed by atoms with Gasteiger partial charge in [-0.15, -0.1) is 0 Å². The van der Waals surface area contributed by atoms with Gasteiger partial charge >= 0.3 is 0 Å². The zero-order valence-electron chi connectivity index (χ0n) is 13.0. The Kier molecular flexibility index (Phi) is 13.4. The molecule has 0 amide bonds. The van der Waals surface area contributed by atoms with Crippen LogP contribution in [0.5, 0.6) is 0 Å². The van der Waals surface area contributed by atoms with E-state index < -0.39 is 0 Å². The molecule has 22 heavy (non-hydrogen) atoms. The molecule has 0 atom stereocenters. The third-order valence-corrected chi connectivity index (χ3v) is 3.84. The molecule has 0 saturated heterocycles. The summed E-state index contributed by atoms with van der Waals surface area (Å²) >= 11 is 0. The van der Waals surface area contributed by atoms with Crippen LogP contribution in [-0.4, -0.2) is 13.1 Å². The number of hydrogen-bond acceptors (Lipinski definition) is 0. The van der Waals surface area contributed by atoms with Gasteiger partial charge in [-0.3, -0.25) is 23.3 Å². The second-order valence-electron chi connectivity index (χ2n) is 4.76. The maximum Gasteiger partial charge on any atom is 0.133 e. The molecule has 0 aliphatic rings. The summed E-state index contributed by atoms with van der Waals surface area (Å²) in [4.78, 5) is 0. The van der Waals surface area contributed by atoms with Crippen molar-refractivity contribution in [3.05, 3.63) is 66.2 Å². The Morgan fingerprint density at radius 3 is 1.45 bits per heavy atom. The number of benzene rings is 2. The Balaban J connectivity index is -0.000000902. The van der Waals surface area contributed by atoms with Crippen molar-refractivity contribution in [2.45, 2.75) is 20.4 Å². The summed E-state index contributed by atoms with van der Waals surface area (Å²) in [6.07, 6.45) is 0. The molecule has 2 rings (SSSR count). The highest BCUT2D eigenvalue weighted by atomic mass is 19.0. The zero-order chi connectivity index (χ0) is 12.8. The van der Waals surface area contributed by atoms with E-state index in [2.05, 4.69) is 74.5 Å². The molecule has 1 nitrogen and oxygen atoms in total. The number of hydrogen-bond donors (Lipinski definition) is 0. The first-order valence-corrected chi connectivity index (χ1v) is 6.76. The Bertz CT molecular complexity index is 473. The van der Waals surface area contributed by atoms with Crippen LogP contribution in [0.1, 0.15) is 19.4 Å². The molecule has 0 bridgehead atoms. The van der Waals surface area contributed by atoms with Crippen LogP contribution < -0.4 is 4.48 Å². The van der Waals surface area contributed by atoms with E-state index in [1.165, 1.54) is 11.3 Å². The highest BCUT2D eigenvalue weighted by molar-refractivity contribution is 5.43. The molecule has 2 aromatic rings. The maximum absolute atomic E-state index is 2.28. The average molecular weight is 320 g/mol.